The minimum absolute atomic E-state index is 0.0150. The summed E-state index contributed by atoms with van der Waals surface area (Å²) >= 11 is 6.07. The van der Waals surface area contributed by atoms with Crippen LogP contribution in [0, 0.1) is 0 Å². The SMILES string of the molecule is COc1ccc(CN2C(=O)N[C@](CC(=O)Oc3ccccc3)(C(F)(F)F)c3cc(Cl)ccc32)cc1. The lowest BCUT2D eigenvalue weighted by molar-refractivity contribution is -0.203. The van der Waals surface area contributed by atoms with E-state index in [9.17, 15) is 22.8 Å². The Morgan fingerprint density at radius 1 is 1.03 bits per heavy atom. The maximum Gasteiger partial charge on any atom is 0.416 e. The van der Waals surface area contributed by atoms with Crippen molar-refractivity contribution >= 4 is 29.3 Å². The third-order valence-electron chi connectivity index (χ3n) is 5.64. The van der Waals surface area contributed by atoms with Gasteiger partial charge in [0.1, 0.15) is 11.5 Å². The number of carbonyl (C=O) groups is 2. The molecule has 0 bridgehead atoms. The van der Waals surface area contributed by atoms with Gasteiger partial charge < -0.3 is 14.8 Å². The van der Waals surface area contributed by atoms with Crippen molar-refractivity contribution in [2.24, 2.45) is 0 Å². The van der Waals surface area contributed by atoms with Gasteiger partial charge in [-0.15, -0.1) is 0 Å². The highest BCUT2D eigenvalue weighted by atomic mass is 35.5. The van der Waals surface area contributed by atoms with Crippen LogP contribution in [0.2, 0.25) is 5.02 Å². The Labute approximate surface area is 204 Å². The Hall–Kier alpha value is -3.72. The van der Waals surface area contributed by atoms with Crippen LogP contribution in [0.15, 0.2) is 72.8 Å². The van der Waals surface area contributed by atoms with E-state index >= 15 is 0 Å². The molecule has 4 rings (SSSR count). The molecular weight excluding hydrogens is 485 g/mol. The molecule has 2 amide bonds. The first kappa shape index (κ1) is 24.4. The Balaban J connectivity index is 1.74. The Morgan fingerprint density at radius 2 is 1.71 bits per heavy atom. The van der Waals surface area contributed by atoms with Gasteiger partial charge in [-0.3, -0.25) is 9.69 Å². The first-order valence-corrected chi connectivity index (χ1v) is 10.9. The van der Waals surface area contributed by atoms with Crippen LogP contribution >= 0.6 is 11.6 Å². The number of alkyl halides is 3. The summed E-state index contributed by atoms with van der Waals surface area (Å²) in [7, 11) is 1.51. The second-order valence-electron chi connectivity index (χ2n) is 7.89. The van der Waals surface area contributed by atoms with E-state index in [1.54, 1.807) is 42.5 Å². The number of anilines is 1. The monoisotopic (exact) mass is 504 g/mol. The van der Waals surface area contributed by atoms with Crippen LogP contribution in [0.4, 0.5) is 23.7 Å². The van der Waals surface area contributed by atoms with E-state index < -0.39 is 30.1 Å². The molecule has 182 valence electrons. The normalized spacial score (nSPS) is 17.4. The zero-order valence-corrected chi connectivity index (χ0v) is 19.2. The van der Waals surface area contributed by atoms with E-state index in [2.05, 4.69) is 0 Å². The summed E-state index contributed by atoms with van der Waals surface area (Å²) in [6, 6.07) is 17.3. The number of carbonyl (C=O) groups excluding carboxylic acids is 2. The lowest BCUT2D eigenvalue weighted by Gasteiger charge is -2.44. The molecule has 0 radical (unpaired) electrons. The van der Waals surface area contributed by atoms with Gasteiger partial charge in [-0.05, 0) is 48.0 Å². The van der Waals surface area contributed by atoms with Crippen LogP contribution in [-0.2, 0) is 16.9 Å². The predicted molar refractivity (Wildman–Crippen MR) is 124 cm³/mol. The molecule has 10 heteroatoms. The molecule has 0 unspecified atom stereocenters. The molecule has 3 aromatic rings. The third kappa shape index (κ3) is 4.90. The van der Waals surface area contributed by atoms with Gasteiger partial charge in [0.25, 0.3) is 0 Å². The Morgan fingerprint density at radius 3 is 2.34 bits per heavy atom. The molecule has 1 aliphatic heterocycles. The second-order valence-corrected chi connectivity index (χ2v) is 8.33. The zero-order chi connectivity index (χ0) is 25.2. The molecule has 35 heavy (non-hydrogen) atoms. The van der Waals surface area contributed by atoms with Crippen LogP contribution < -0.4 is 19.7 Å². The van der Waals surface area contributed by atoms with Crippen molar-refractivity contribution in [3.63, 3.8) is 0 Å². The third-order valence-corrected chi connectivity index (χ3v) is 5.88. The average Bonchev–Trinajstić information content (AvgIpc) is 2.82. The van der Waals surface area contributed by atoms with E-state index in [1.165, 1.54) is 36.3 Å². The molecule has 0 aliphatic carbocycles. The van der Waals surface area contributed by atoms with Crippen molar-refractivity contribution < 1.29 is 32.2 Å². The van der Waals surface area contributed by atoms with Gasteiger partial charge in [0.2, 0.25) is 0 Å². The highest BCUT2D eigenvalue weighted by Gasteiger charge is 2.62. The van der Waals surface area contributed by atoms with Gasteiger partial charge in [0.15, 0.2) is 5.54 Å². The van der Waals surface area contributed by atoms with E-state index in [0.717, 1.165) is 6.07 Å². The quantitative estimate of drug-likeness (QED) is 0.339. The molecule has 0 saturated heterocycles. The second kappa shape index (κ2) is 9.50. The predicted octanol–water partition coefficient (Wildman–Crippen LogP) is 5.83. The fraction of sp³-hybridized carbons (Fsp3) is 0.200. The van der Waals surface area contributed by atoms with Crippen LogP contribution in [-0.4, -0.2) is 25.3 Å². The fourth-order valence-corrected chi connectivity index (χ4v) is 4.09. The number of hydrogen-bond donors (Lipinski definition) is 1. The summed E-state index contributed by atoms with van der Waals surface area (Å²) in [5, 5.41) is 2.06. The van der Waals surface area contributed by atoms with Crippen LogP contribution in [0.25, 0.3) is 0 Å². The number of benzene rings is 3. The number of fused-ring (bicyclic) bond motifs is 1. The lowest BCUT2D eigenvalue weighted by Crippen LogP contribution is -2.63. The average molecular weight is 505 g/mol. The largest absolute Gasteiger partial charge is 0.497 e. The zero-order valence-electron chi connectivity index (χ0n) is 18.4. The van der Waals surface area contributed by atoms with Gasteiger partial charge in [-0.25, -0.2) is 4.79 Å². The van der Waals surface area contributed by atoms with E-state index in [4.69, 9.17) is 21.1 Å². The minimum atomic E-state index is -5.04. The maximum absolute atomic E-state index is 14.6. The van der Waals surface area contributed by atoms with E-state index in [-0.39, 0.29) is 28.6 Å². The molecule has 0 saturated carbocycles. The molecule has 3 aromatic carbocycles. The number of halogens is 4. The number of hydrogen-bond acceptors (Lipinski definition) is 4. The summed E-state index contributed by atoms with van der Waals surface area (Å²) in [4.78, 5) is 26.9. The van der Waals surface area contributed by atoms with Crippen molar-refractivity contribution in [2.75, 3.05) is 12.0 Å². The number of rotatable bonds is 6. The number of nitrogens with one attached hydrogen (secondary N) is 1. The van der Waals surface area contributed by atoms with Gasteiger partial charge in [-0.2, -0.15) is 13.2 Å². The van der Waals surface area contributed by atoms with Crippen molar-refractivity contribution in [3.8, 4) is 11.5 Å². The maximum atomic E-state index is 14.6. The summed E-state index contributed by atoms with van der Waals surface area (Å²) in [6.07, 6.45) is -6.22. The highest BCUT2D eigenvalue weighted by Crippen LogP contribution is 2.49. The number of para-hydroxylation sites is 1. The number of methoxy groups -OCH3 is 1. The van der Waals surface area contributed by atoms with Gasteiger partial charge >= 0.3 is 18.2 Å². The van der Waals surface area contributed by atoms with Gasteiger partial charge in [0.05, 0.1) is 25.8 Å². The Bertz CT molecular complexity index is 1240. The highest BCUT2D eigenvalue weighted by molar-refractivity contribution is 6.30. The first-order valence-electron chi connectivity index (χ1n) is 10.5. The molecule has 0 spiro atoms. The van der Waals surface area contributed by atoms with Crippen molar-refractivity contribution in [1.29, 1.82) is 0 Å². The van der Waals surface area contributed by atoms with Gasteiger partial charge in [0, 0.05) is 10.6 Å². The van der Waals surface area contributed by atoms with E-state index in [1.807, 2.05) is 5.32 Å². The van der Waals surface area contributed by atoms with Crippen LogP contribution in [0.3, 0.4) is 0 Å². The molecule has 1 aliphatic rings. The Kier molecular flexibility index (Phi) is 6.62. The molecule has 1 N–H and O–H groups in total. The summed E-state index contributed by atoms with van der Waals surface area (Å²) in [6.45, 7) is -0.0210. The van der Waals surface area contributed by atoms with E-state index in [0.29, 0.717) is 11.3 Å². The van der Waals surface area contributed by atoms with Crippen molar-refractivity contribution in [3.05, 3.63) is 88.9 Å². The number of nitrogens with zero attached hydrogens (tertiary/aromatic N) is 1. The fourth-order valence-electron chi connectivity index (χ4n) is 3.92. The van der Waals surface area contributed by atoms with Crippen LogP contribution in [0.1, 0.15) is 17.5 Å². The van der Waals surface area contributed by atoms with Crippen molar-refractivity contribution in [1.82, 2.24) is 5.32 Å². The van der Waals surface area contributed by atoms with Gasteiger partial charge in [-0.1, -0.05) is 41.9 Å². The molecule has 0 fully saturated rings. The standard InChI is InChI=1S/C25H20ClF3N2O4/c1-34-18-10-7-16(8-11-18)15-31-21-12-9-17(26)13-20(21)24(25(27,28)29,30-23(31)33)14-22(32)35-19-5-3-2-4-6-19/h2-13H,14-15H2,1H3,(H,30,33)/t24-/m0/s1. The number of amides is 2. The number of ether oxygens (including phenoxy) is 2. The number of urea groups is 1. The molecule has 0 aromatic heterocycles. The summed E-state index contributed by atoms with van der Waals surface area (Å²) < 4.78 is 54.1. The molecule has 1 heterocycles. The lowest BCUT2D eigenvalue weighted by atomic mass is 9.82. The smallest absolute Gasteiger partial charge is 0.416 e. The molecule has 1 atom stereocenters. The molecule has 6 nitrogen and oxygen atoms in total. The topological polar surface area (TPSA) is 67.9 Å². The molecular formula is C25H20ClF3N2O4. The minimum Gasteiger partial charge on any atom is -0.497 e. The first-order chi connectivity index (χ1) is 16.6. The van der Waals surface area contributed by atoms with Crippen molar-refractivity contribution in [2.45, 2.75) is 24.7 Å². The summed E-state index contributed by atoms with van der Waals surface area (Å²) in [5.74, 6) is -0.482. The van der Waals surface area contributed by atoms with Crippen LogP contribution in [0.5, 0.6) is 11.5 Å². The summed E-state index contributed by atoms with van der Waals surface area (Å²) in [5.41, 5.74) is -2.74. The number of esters is 1.